The second kappa shape index (κ2) is 5.90. The molecule has 7 heteroatoms. The highest BCUT2D eigenvalue weighted by atomic mass is 16.6. The molecule has 1 aromatic rings. The fourth-order valence-corrected chi connectivity index (χ4v) is 2.11. The quantitative estimate of drug-likeness (QED) is 0.663. The Balaban J connectivity index is 3.34. The molecule has 1 aromatic carbocycles. The first-order chi connectivity index (χ1) is 9.64. The van der Waals surface area contributed by atoms with E-state index in [1.165, 1.54) is 43.9 Å². The van der Waals surface area contributed by atoms with Crippen molar-refractivity contribution in [1.82, 2.24) is 4.90 Å². The number of carbonyl (C=O) groups is 2. The zero-order valence-corrected chi connectivity index (χ0v) is 12.4. The van der Waals surface area contributed by atoms with Crippen molar-refractivity contribution in [2.45, 2.75) is 33.2 Å². The predicted octanol–water partition coefficient (Wildman–Crippen LogP) is 2.23. The second-order valence-corrected chi connectivity index (χ2v) is 5.12. The molecule has 0 aliphatic heterocycles. The summed E-state index contributed by atoms with van der Waals surface area (Å²) in [7, 11) is 0. The molecule has 0 aliphatic carbocycles. The van der Waals surface area contributed by atoms with Crippen LogP contribution in [0.1, 0.15) is 36.7 Å². The molecule has 21 heavy (non-hydrogen) atoms. The highest BCUT2D eigenvalue weighted by Crippen LogP contribution is 2.25. The fourth-order valence-electron chi connectivity index (χ4n) is 2.11. The van der Waals surface area contributed by atoms with Gasteiger partial charge in [0, 0.05) is 23.7 Å². The molecular formula is C14H18N2O5. The molecule has 1 N–H and O–H groups in total. The number of amides is 1. The molecule has 0 spiro atoms. The van der Waals surface area contributed by atoms with Crippen LogP contribution in [0.5, 0.6) is 0 Å². The molecule has 0 aromatic heterocycles. The van der Waals surface area contributed by atoms with Crippen LogP contribution in [0.15, 0.2) is 18.2 Å². The second-order valence-electron chi connectivity index (χ2n) is 5.12. The van der Waals surface area contributed by atoms with Crippen molar-refractivity contribution in [3.8, 4) is 0 Å². The normalized spacial score (nSPS) is 11.0. The van der Waals surface area contributed by atoms with E-state index in [-0.39, 0.29) is 23.4 Å². The van der Waals surface area contributed by atoms with Crippen molar-refractivity contribution in [3.05, 3.63) is 39.4 Å². The van der Waals surface area contributed by atoms with Gasteiger partial charge in [0.2, 0.25) is 0 Å². The molecular weight excluding hydrogens is 276 g/mol. The summed E-state index contributed by atoms with van der Waals surface area (Å²) in [6.45, 7) is 6.16. The molecule has 0 saturated carbocycles. The number of rotatable bonds is 5. The minimum absolute atomic E-state index is 0.139. The molecule has 0 heterocycles. The molecule has 0 saturated heterocycles. The summed E-state index contributed by atoms with van der Waals surface area (Å²) < 4.78 is 0. The number of carboxylic acids is 1. The van der Waals surface area contributed by atoms with Crippen LogP contribution in [0.2, 0.25) is 0 Å². The minimum Gasteiger partial charge on any atom is -0.480 e. The van der Waals surface area contributed by atoms with Gasteiger partial charge in [0.1, 0.15) is 5.54 Å². The third-order valence-electron chi connectivity index (χ3n) is 3.49. The first-order valence-corrected chi connectivity index (χ1v) is 6.44. The topological polar surface area (TPSA) is 101 Å². The summed E-state index contributed by atoms with van der Waals surface area (Å²) >= 11 is 0. The number of carbonyl (C=O) groups excluding carboxylic acids is 1. The maximum Gasteiger partial charge on any atom is 0.329 e. The molecule has 0 radical (unpaired) electrons. The first kappa shape index (κ1) is 16.6. The van der Waals surface area contributed by atoms with Gasteiger partial charge in [-0.1, -0.05) is 6.07 Å². The average Bonchev–Trinajstić information content (AvgIpc) is 2.38. The Morgan fingerprint density at radius 3 is 2.38 bits per heavy atom. The fraction of sp³-hybridized carbons (Fsp3) is 0.429. The Morgan fingerprint density at radius 1 is 1.38 bits per heavy atom. The van der Waals surface area contributed by atoms with E-state index in [1.54, 1.807) is 6.92 Å². The number of hydrogen-bond acceptors (Lipinski definition) is 4. The third-order valence-corrected chi connectivity index (χ3v) is 3.49. The number of nitrogens with zero attached hydrogens (tertiary/aromatic N) is 2. The van der Waals surface area contributed by atoms with Crippen molar-refractivity contribution >= 4 is 17.6 Å². The Kier molecular flexibility index (Phi) is 4.67. The molecule has 0 bridgehead atoms. The Labute approximate surface area is 122 Å². The van der Waals surface area contributed by atoms with E-state index in [9.17, 15) is 24.8 Å². The Hall–Kier alpha value is -2.44. The van der Waals surface area contributed by atoms with Gasteiger partial charge in [0.25, 0.3) is 11.6 Å². The van der Waals surface area contributed by atoms with Crippen molar-refractivity contribution in [2.75, 3.05) is 6.54 Å². The number of likely N-dealkylation sites (N-methyl/N-ethyl adjacent to an activating group) is 1. The van der Waals surface area contributed by atoms with Crippen LogP contribution < -0.4 is 0 Å². The van der Waals surface area contributed by atoms with E-state index in [0.717, 1.165) is 0 Å². The van der Waals surface area contributed by atoms with Crippen LogP contribution in [0.25, 0.3) is 0 Å². The molecule has 1 amide bonds. The largest absolute Gasteiger partial charge is 0.480 e. The van der Waals surface area contributed by atoms with Crippen molar-refractivity contribution in [2.24, 2.45) is 0 Å². The van der Waals surface area contributed by atoms with Crippen molar-refractivity contribution in [3.63, 3.8) is 0 Å². The van der Waals surface area contributed by atoms with E-state index < -0.39 is 22.3 Å². The van der Waals surface area contributed by atoms with Gasteiger partial charge in [-0.15, -0.1) is 0 Å². The third kappa shape index (κ3) is 3.01. The Bertz CT molecular complexity index is 595. The number of nitro groups is 1. The van der Waals surface area contributed by atoms with E-state index in [2.05, 4.69) is 0 Å². The number of benzene rings is 1. The lowest BCUT2D eigenvalue weighted by atomic mass is 9.99. The summed E-state index contributed by atoms with van der Waals surface area (Å²) in [5.74, 6) is -1.67. The van der Waals surface area contributed by atoms with Gasteiger partial charge in [-0.3, -0.25) is 14.9 Å². The van der Waals surface area contributed by atoms with Gasteiger partial charge in [0.05, 0.1) is 4.92 Å². The monoisotopic (exact) mass is 294 g/mol. The molecule has 0 fully saturated rings. The lowest BCUT2D eigenvalue weighted by Crippen LogP contribution is -2.53. The molecule has 1 rings (SSSR count). The number of aliphatic carboxylic acids is 1. The zero-order valence-electron chi connectivity index (χ0n) is 12.4. The molecule has 0 atom stereocenters. The predicted molar refractivity (Wildman–Crippen MR) is 76.3 cm³/mol. The average molecular weight is 294 g/mol. The summed E-state index contributed by atoms with van der Waals surface area (Å²) in [5.41, 5.74) is -1.19. The zero-order chi connectivity index (χ0) is 16.4. The van der Waals surface area contributed by atoms with Crippen LogP contribution in [-0.2, 0) is 4.79 Å². The standard InChI is InChI=1S/C14H18N2O5/c1-5-15(14(3,4)13(18)19)12(17)10-7-6-8-11(9(10)2)16(20)21/h6-8H,5H2,1-4H3,(H,18,19). The highest BCUT2D eigenvalue weighted by Gasteiger charge is 2.38. The SMILES string of the molecule is CCN(C(=O)c1cccc([N+](=O)[O-])c1C)C(C)(C)C(=O)O. The van der Waals surface area contributed by atoms with Crippen molar-refractivity contribution in [1.29, 1.82) is 0 Å². The molecule has 114 valence electrons. The van der Waals surface area contributed by atoms with Gasteiger partial charge in [-0.05, 0) is 33.8 Å². The Morgan fingerprint density at radius 2 is 1.95 bits per heavy atom. The van der Waals surface area contributed by atoms with Gasteiger partial charge >= 0.3 is 5.97 Å². The smallest absolute Gasteiger partial charge is 0.329 e. The molecule has 0 unspecified atom stereocenters. The van der Waals surface area contributed by atoms with Gasteiger partial charge in [0.15, 0.2) is 0 Å². The summed E-state index contributed by atoms with van der Waals surface area (Å²) in [5, 5.41) is 20.2. The van der Waals surface area contributed by atoms with E-state index in [4.69, 9.17) is 0 Å². The summed E-state index contributed by atoms with van der Waals surface area (Å²) in [6, 6.07) is 4.19. The maximum absolute atomic E-state index is 12.6. The molecule has 0 aliphatic rings. The number of nitro benzene ring substituents is 1. The van der Waals surface area contributed by atoms with Gasteiger partial charge in [-0.25, -0.2) is 4.79 Å². The number of carboxylic acid groups (broad SMARTS) is 1. The van der Waals surface area contributed by atoms with Crippen LogP contribution in [0.4, 0.5) is 5.69 Å². The van der Waals surface area contributed by atoms with Gasteiger partial charge in [-0.2, -0.15) is 0 Å². The van der Waals surface area contributed by atoms with E-state index >= 15 is 0 Å². The van der Waals surface area contributed by atoms with E-state index in [1.807, 2.05) is 0 Å². The van der Waals surface area contributed by atoms with Crippen molar-refractivity contribution < 1.29 is 19.6 Å². The van der Waals surface area contributed by atoms with Crippen LogP contribution in [0, 0.1) is 17.0 Å². The van der Waals surface area contributed by atoms with Crippen LogP contribution in [-0.4, -0.2) is 38.9 Å². The summed E-state index contributed by atoms with van der Waals surface area (Å²) in [4.78, 5) is 35.4. The number of hydrogen-bond donors (Lipinski definition) is 1. The maximum atomic E-state index is 12.6. The lowest BCUT2D eigenvalue weighted by molar-refractivity contribution is -0.385. The minimum atomic E-state index is -1.40. The van der Waals surface area contributed by atoms with Crippen LogP contribution in [0.3, 0.4) is 0 Å². The lowest BCUT2D eigenvalue weighted by Gasteiger charge is -2.34. The van der Waals surface area contributed by atoms with Crippen LogP contribution >= 0.6 is 0 Å². The van der Waals surface area contributed by atoms with E-state index in [0.29, 0.717) is 0 Å². The first-order valence-electron chi connectivity index (χ1n) is 6.44. The van der Waals surface area contributed by atoms with Gasteiger partial charge < -0.3 is 10.0 Å². The molecule has 7 nitrogen and oxygen atoms in total. The summed E-state index contributed by atoms with van der Waals surface area (Å²) in [6.07, 6.45) is 0. The highest BCUT2D eigenvalue weighted by molar-refractivity contribution is 5.99.